The maximum Gasteiger partial charge on any atom is 0.282 e. The summed E-state index contributed by atoms with van der Waals surface area (Å²) in [6, 6.07) is 0. The summed E-state index contributed by atoms with van der Waals surface area (Å²) in [6.45, 7) is 3.93. The number of hydrogen-bond acceptors (Lipinski definition) is 5. The van der Waals surface area contributed by atoms with E-state index in [1.54, 1.807) is 6.08 Å². The minimum Gasteiger partial charge on any atom is -0.346 e. The number of carbonyl (C=O) groups is 1. The van der Waals surface area contributed by atoms with Crippen molar-refractivity contribution in [3.8, 4) is 0 Å². The van der Waals surface area contributed by atoms with Crippen molar-refractivity contribution in [3.05, 3.63) is 24.0 Å². The Morgan fingerprint density at radius 2 is 2.64 bits per heavy atom. The van der Waals surface area contributed by atoms with E-state index in [2.05, 4.69) is 27.2 Å². The smallest absolute Gasteiger partial charge is 0.282 e. The van der Waals surface area contributed by atoms with Gasteiger partial charge in [0.2, 0.25) is 9.97 Å². The molecule has 72 valence electrons. The first-order chi connectivity index (χ1) is 6.81. The number of fused-ring (bicyclic) bond motifs is 1. The fourth-order valence-corrected chi connectivity index (χ4v) is 1.63. The van der Waals surface area contributed by atoms with Gasteiger partial charge in [0.15, 0.2) is 0 Å². The summed E-state index contributed by atoms with van der Waals surface area (Å²) < 4.78 is 1.47. The molecule has 1 N–H and O–H groups in total. The van der Waals surface area contributed by atoms with Crippen LogP contribution in [0.3, 0.4) is 0 Å². The van der Waals surface area contributed by atoms with Gasteiger partial charge in [0.25, 0.3) is 5.91 Å². The van der Waals surface area contributed by atoms with Crippen LogP contribution in [-0.2, 0) is 0 Å². The lowest BCUT2D eigenvalue weighted by molar-refractivity contribution is 0.0956. The second-order valence-corrected chi connectivity index (χ2v) is 3.42. The van der Waals surface area contributed by atoms with Crippen LogP contribution in [-0.4, -0.2) is 32.3 Å². The largest absolute Gasteiger partial charge is 0.346 e. The Kier molecular flexibility index (Phi) is 2.23. The standard InChI is InChI=1S/C7H7N5OS/c1-2-3-8-5(13)6-11-12-4-9-10-7(12)14-6/h2,4H,1,3H2,(H,8,13). The molecule has 0 aliphatic rings. The van der Waals surface area contributed by atoms with Gasteiger partial charge in [-0.15, -0.1) is 21.9 Å². The third-order valence-corrected chi connectivity index (χ3v) is 2.40. The van der Waals surface area contributed by atoms with Crippen molar-refractivity contribution >= 4 is 22.2 Å². The number of nitrogens with one attached hydrogen (secondary N) is 1. The molecule has 0 aromatic carbocycles. The minimum atomic E-state index is -0.222. The topological polar surface area (TPSA) is 72.2 Å². The highest BCUT2D eigenvalue weighted by Crippen LogP contribution is 2.10. The van der Waals surface area contributed by atoms with E-state index in [9.17, 15) is 4.79 Å². The van der Waals surface area contributed by atoms with Gasteiger partial charge in [-0.1, -0.05) is 17.4 Å². The van der Waals surface area contributed by atoms with E-state index in [-0.39, 0.29) is 5.91 Å². The van der Waals surface area contributed by atoms with Crippen LogP contribution in [0.4, 0.5) is 0 Å². The van der Waals surface area contributed by atoms with Crippen molar-refractivity contribution in [3.63, 3.8) is 0 Å². The van der Waals surface area contributed by atoms with Crippen LogP contribution >= 0.6 is 11.3 Å². The molecule has 0 fully saturated rings. The van der Waals surface area contributed by atoms with Crippen molar-refractivity contribution < 1.29 is 4.79 Å². The Morgan fingerprint density at radius 1 is 1.79 bits per heavy atom. The van der Waals surface area contributed by atoms with E-state index >= 15 is 0 Å². The summed E-state index contributed by atoms with van der Waals surface area (Å²) in [7, 11) is 0. The number of rotatable bonds is 3. The van der Waals surface area contributed by atoms with Gasteiger partial charge in [0.05, 0.1) is 0 Å². The van der Waals surface area contributed by atoms with Gasteiger partial charge in [0, 0.05) is 6.54 Å². The first-order valence-electron chi connectivity index (χ1n) is 3.87. The highest BCUT2D eigenvalue weighted by atomic mass is 32.1. The van der Waals surface area contributed by atoms with Crippen LogP contribution in [0.25, 0.3) is 4.96 Å². The lowest BCUT2D eigenvalue weighted by atomic mass is 10.5. The number of aromatic nitrogens is 4. The second-order valence-electron chi connectivity index (χ2n) is 2.46. The van der Waals surface area contributed by atoms with Gasteiger partial charge >= 0.3 is 0 Å². The summed E-state index contributed by atoms with van der Waals surface area (Å²) in [4.78, 5) is 12.0. The Morgan fingerprint density at radius 3 is 3.36 bits per heavy atom. The molecular weight excluding hydrogens is 202 g/mol. The third-order valence-electron chi connectivity index (χ3n) is 1.49. The molecule has 0 radical (unpaired) electrons. The van der Waals surface area contributed by atoms with Crippen LogP contribution in [0.15, 0.2) is 19.0 Å². The van der Waals surface area contributed by atoms with E-state index in [0.717, 1.165) is 0 Å². The zero-order chi connectivity index (χ0) is 9.97. The van der Waals surface area contributed by atoms with E-state index in [1.807, 2.05) is 0 Å². The zero-order valence-corrected chi connectivity index (χ0v) is 7.99. The average molecular weight is 209 g/mol. The van der Waals surface area contributed by atoms with Crippen LogP contribution < -0.4 is 5.32 Å². The van der Waals surface area contributed by atoms with Gasteiger partial charge in [-0.3, -0.25) is 4.79 Å². The predicted octanol–water partition coefficient (Wildman–Crippen LogP) is 0.102. The molecule has 1 amide bonds. The van der Waals surface area contributed by atoms with Gasteiger partial charge in [-0.2, -0.15) is 4.52 Å². The third kappa shape index (κ3) is 1.49. The first kappa shape index (κ1) is 8.82. The first-order valence-corrected chi connectivity index (χ1v) is 4.69. The van der Waals surface area contributed by atoms with Gasteiger partial charge in [-0.25, -0.2) is 0 Å². The van der Waals surface area contributed by atoms with Crippen molar-refractivity contribution in [1.82, 2.24) is 25.1 Å². The molecule has 2 heterocycles. The molecule has 2 rings (SSSR count). The van der Waals surface area contributed by atoms with E-state index in [1.165, 1.54) is 22.2 Å². The molecule has 0 aliphatic heterocycles. The Bertz CT molecular complexity index is 445. The Balaban J connectivity index is 2.21. The minimum absolute atomic E-state index is 0.222. The Hall–Kier alpha value is -1.76. The maximum atomic E-state index is 11.4. The summed E-state index contributed by atoms with van der Waals surface area (Å²) >= 11 is 1.19. The van der Waals surface area contributed by atoms with Gasteiger partial charge in [-0.05, 0) is 0 Å². The molecule has 6 nitrogen and oxygen atoms in total. The average Bonchev–Trinajstić information content (AvgIpc) is 2.72. The van der Waals surface area contributed by atoms with Crippen molar-refractivity contribution in [2.45, 2.75) is 0 Å². The molecule has 0 aliphatic carbocycles. The summed E-state index contributed by atoms with van der Waals surface area (Å²) in [6.07, 6.45) is 3.06. The lowest BCUT2D eigenvalue weighted by Crippen LogP contribution is -2.23. The van der Waals surface area contributed by atoms with Gasteiger partial charge < -0.3 is 5.32 Å². The summed E-state index contributed by atoms with van der Waals surface area (Å²) in [5.41, 5.74) is 0. The predicted molar refractivity (Wildman–Crippen MR) is 51.2 cm³/mol. The molecular formula is C7H7N5OS. The van der Waals surface area contributed by atoms with E-state index in [4.69, 9.17) is 0 Å². The molecule has 14 heavy (non-hydrogen) atoms. The lowest BCUT2D eigenvalue weighted by Gasteiger charge is -1.95. The van der Waals surface area contributed by atoms with Crippen molar-refractivity contribution in [1.29, 1.82) is 0 Å². The van der Waals surface area contributed by atoms with Crippen LogP contribution in [0.1, 0.15) is 9.80 Å². The molecule has 0 unspecified atom stereocenters. The number of hydrogen-bond donors (Lipinski definition) is 1. The number of carbonyl (C=O) groups excluding carboxylic acids is 1. The van der Waals surface area contributed by atoms with Crippen LogP contribution in [0, 0.1) is 0 Å². The highest BCUT2D eigenvalue weighted by molar-refractivity contribution is 7.18. The van der Waals surface area contributed by atoms with Crippen LogP contribution in [0.5, 0.6) is 0 Å². The SMILES string of the molecule is C=CCNC(=O)c1nn2cnnc2s1. The van der Waals surface area contributed by atoms with Crippen LogP contribution in [0.2, 0.25) is 0 Å². The molecule has 2 aromatic rings. The van der Waals surface area contributed by atoms with Gasteiger partial charge in [0.1, 0.15) is 6.33 Å². The van der Waals surface area contributed by atoms with Crippen molar-refractivity contribution in [2.75, 3.05) is 6.54 Å². The molecule has 0 atom stereocenters. The molecule has 0 saturated heterocycles. The number of nitrogens with zero attached hydrogens (tertiary/aromatic N) is 4. The quantitative estimate of drug-likeness (QED) is 0.728. The van der Waals surface area contributed by atoms with Crippen molar-refractivity contribution in [2.24, 2.45) is 0 Å². The maximum absolute atomic E-state index is 11.4. The summed E-state index contributed by atoms with van der Waals surface area (Å²) in [5.74, 6) is -0.222. The fraction of sp³-hybridized carbons (Fsp3) is 0.143. The second kappa shape index (κ2) is 3.54. The normalized spacial score (nSPS) is 10.3. The Labute approximate surface area is 83.3 Å². The zero-order valence-electron chi connectivity index (χ0n) is 7.17. The number of amides is 1. The fourth-order valence-electron chi connectivity index (χ4n) is 0.892. The molecule has 7 heteroatoms. The molecule has 0 bridgehead atoms. The van der Waals surface area contributed by atoms with E-state index < -0.39 is 0 Å². The summed E-state index contributed by atoms with van der Waals surface area (Å²) in [5, 5.41) is 14.4. The molecule has 0 spiro atoms. The highest BCUT2D eigenvalue weighted by Gasteiger charge is 2.11. The monoisotopic (exact) mass is 209 g/mol. The molecule has 2 aromatic heterocycles. The molecule has 0 saturated carbocycles. The van der Waals surface area contributed by atoms with E-state index in [0.29, 0.717) is 16.5 Å².